The predicted octanol–water partition coefficient (Wildman–Crippen LogP) is 4.07. The number of nitrogens with zero attached hydrogens (tertiary/aromatic N) is 4. The fourth-order valence-electron chi connectivity index (χ4n) is 3.48. The molecule has 1 saturated carbocycles. The van der Waals surface area contributed by atoms with E-state index in [1.165, 1.54) is 34.9 Å². The molecule has 0 aliphatic heterocycles. The largest absolute Gasteiger partial charge is 0.254 e. The van der Waals surface area contributed by atoms with E-state index in [9.17, 15) is 8.42 Å². The molecule has 0 bridgehead atoms. The van der Waals surface area contributed by atoms with Gasteiger partial charge < -0.3 is 0 Å². The van der Waals surface area contributed by atoms with Gasteiger partial charge in [0.05, 0.1) is 11.1 Å². The van der Waals surface area contributed by atoms with Crippen molar-refractivity contribution in [3.8, 4) is 10.6 Å². The van der Waals surface area contributed by atoms with Crippen LogP contribution in [0.2, 0.25) is 5.02 Å². The van der Waals surface area contributed by atoms with E-state index >= 15 is 0 Å². The third kappa shape index (κ3) is 4.50. The first-order valence-electron chi connectivity index (χ1n) is 9.74. The Morgan fingerprint density at radius 3 is 2.57 bits per heavy atom. The summed E-state index contributed by atoms with van der Waals surface area (Å²) >= 11 is 7.73. The Labute approximate surface area is 175 Å². The van der Waals surface area contributed by atoms with Crippen molar-refractivity contribution in [1.82, 2.24) is 14.1 Å². The lowest BCUT2D eigenvalue weighted by Gasteiger charge is -2.19. The lowest BCUT2D eigenvalue weighted by Crippen LogP contribution is -2.30. The predicted molar refractivity (Wildman–Crippen MR) is 114 cm³/mol. The summed E-state index contributed by atoms with van der Waals surface area (Å²) in [5.74, 6) is 0. The van der Waals surface area contributed by atoms with Crippen LogP contribution in [0.3, 0.4) is 0 Å². The van der Waals surface area contributed by atoms with E-state index in [2.05, 4.69) is 5.10 Å². The third-order valence-electron chi connectivity index (χ3n) is 5.07. The molecule has 2 aromatic rings. The Morgan fingerprint density at radius 1 is 1.25 bits per heavy atom. The summed E-state index contributed by atoms with van der Waals surface area (Å²) in [7, 11) is -1.76. The summed E-state index contributed by atoms with van der Waals surface area (Å²) < 4.78 is 29.1. The Balaban J connectivity index is 1.99. The standard InChI is InChI=1S/C19H27ClN4O2S2/c1-4-24(5-2)28(25,26)17-13-14(11-12-16(17)20)18-22-23(3)19(27-18)21-15-9-7-6-8-10-15/h11-13,15H,4-10H2,1-3H3/b21-19+. The Kier molecular flexibility index (Phi) is 6.96. The van der Waals surface area contributed by atoms with E-state index in [1.807, 2.05) is 27.0 Å². The summed E-state index contributed by atoms with van der Waals surface area (Å²) in [6.45, 7) is 4.43. The monoisotopic (exact) mass is 442 g/mol. The van der Waals surface area contributed by atoms with Gasteiger partial charge in [0.1, 0.15) is 9.90 Å². The highest BCUT2D eigenvalue weighted by Crippen LogP contribution is 2.30. The second-order valence-corrected chi connectivity index (χ2v) is 10.2. The van der Waals surface area contributed by atoms with Crippen LogP contribution in [0.15, 0.2) is 28.1 Å². The van der Waals surface area contributed by atoms with Gasteiger partial charge >= 0.3 is 0 Å². The zero-order chi connectivity index (χ0) is 20.3. The lowest BCUT2D eigenvalue weighted by atomic mass is 9.96. The van der Waals surface area contributed by atoms with Gasteiger partial charge in [0.25, 0.3) is 0 Å². The first kappa shape index (κ1) is 21.5. The molecule has 9 heteroatoms. The van der Waals surface area contributed by atoms with Crippen molar-refractivity contribution in [2.75, 3.05) is 13.1 Å². The van der Waals surface area contributed by atoms with Crippen LogP contribution in [-0.2, 0) is 17.1 Å². The van der Waals surface area contributed by atoms with Crippen molar-refractivity contribution in [1.29, 1.82) is 0 Å². The van der Waals surface area contributed by atoms with Gasteiger partial charge in [-0.1, -0.05) is 62.1 Å². The fourth-order valence-corrected chi connectivity index (χ4v) is 6.40. The van der Waals surface area contributed by atoms with Crippen molar-refractivity contribution < 1.29 is 8.42 Å². The van der Waals surface area contributed by atoms with Gasteiger partial charge in [-0.05, 0) is 25.0 Å². The molecule has 0 amide bonds. The van der Waals surface area contributed by atoms with Crippen LogP contribution in [0.5, 0.6) is 0 Å². The zero-order valence-electron chi connectivity index (χ0n) is 16.6. The molecule has 154 valence electrons. The maximum Gasteiger partial charge on any atom is 0.244 e. The molecule has 0 N–H and O–H groups in total. The summed E-state index contributed by atoms with van der Waals surface area (Å²) in [6, 6.07) is 5.43. The van der Waals surface area contributed by atoms with E-state index in [4.69, 9.17) is 16.6 Å². The van der Waals surface area contributed by atoms with Crippen molar-refractivity contribution in [2.24, 2.45) is 12.0 Å². The molecule has 6 nitrogen and oxygen atoms in total. The van der Waals surface area contributed by atoms with Crippen LogP contribution >= 0.6 is 22.9 Å². The average Bonchev–Trinajstić information content (AvgIpc) is 3.04. The molecule has 1 aromatic carbocycles. The van der Waals surface area contributed by atoms with Crippen molar-refractivity contribution in [2.45, 2.75) is 56.9 Å². The Morgan fingerprint density at radius 2 is 1.93 bits per heavy atom. The third-order valence-corrected chi connectivity index (χ3v) is 8.67. The molecule has 1 aliphatic carbocycles. The molecule has 0 spiro atoms. The fraction of sp³-hybridized carbons (Fsp3) is 0.579. The van der Waals surface area contributed by atoms with E-state index in [1.54, 1.807) is 16.8 Å². The van der Waals surface area contributed by atoms with Gasteiger partial charge in [-0.15, -0.1) is 0 Å². The molecular weight excluding hydrogens is 416 g/mol. The lowest BCUT2D eigenvalue weighted by molar-refractivity contribution is 0.434. The van der Waals surface area contributed by atoms with Crippen LogP contribution in [0.25, 0.3) is 10.6 Å². The van der Waals surface area contributed by atoms with Gasteiger partial charge in [0.15, 0.2) is 0 Å². The van der Waals surface area contributed by atoms with Crippen LogP contribution in [-0.4, -0.2) is 41.6 Å². The summed E-state index contributed by atoms with van der Waals surface area (Å²) in [5, 5.41) is 5.54. The molecule has 0 saturated heterocycles. The molecule has 28 heavy (non-hydrogen) atoms. The van der Waals surface area contributed by atoms with E-state index in [-0.39, 0.29) is 9.92 Å². The summed E-state index contributed by atoms with van der Waals surface area (Å²) in [4.78, 5) is 5.86. The second kappa shape index (κ2) is 9.07. The van der Waals surface area contributed by atoms with Gasteiger partial charge in [0.2, 0.25) is 14.8 Å². The number of aryl methyl sites for hydroxylation is 1. The summed E-state index contributed by atoms with van der Waals surface area (Å²) in [6.07, 6.45) is 6.00. The van der Waals surface area contributed by atoms with Crippen LogP contribution in [0.4, 0.5) is 0 Å². The molecular formula is C19H27ClN4O2S2. The highest BCUT2D eigenvalue weighted by Gasteiger charge is 2.25. The summed E-state index contributed by atoms with van der Waals surface area (Å²) in [5.41, 5.74) is 0.737. The molecule has 1 aromatic heterocycles. The van der Waals surface area contributed by atoms with E-state index < -0.39 is 10.0 Å². The molecule has 0 atom stereocenters. The number of aromatic nitrogens is 2. The normalized spacial score (nSPS) is 16.8. The maximum atomic E-state index is 12.9. The van der Waals surface area contributed by atoms with Gasteiger partial charge in [-0.3, -0.25) is 4.99 Å². The van der Waals surface area contributed by atoms with Gasteiger partial charge in [-0.25, -0.2) is 13.1 Å². The minimum absolute atomic E-state index is 0.124. The highest BCUT2D eigenvalue weighted by atomic mass is 35.5. The Hall–Kier alpha value is -1.22. The van der Waals surface area contributed by atoms with Crippen molar-refractivity contribution in [3.63, 3.8) is 0 Å². The minimum Gasteiger partial charge on any atom is -0.254 e. The Bertz CT molecular complexity index is 988. The topological polar surface area (TPSA) is 67.6 Å². The SMILES string of the molecule is CCN(CC)S(=O)(=O)c1cc(-c2nn(C)/c(=N\C3CCCCC3)s2)ccc1Cl. The van der Waals surface area contributed by atoms with Gasteiger partial charge in [0, 0.05) is 25.7 Å². The van der Waals surface area contributed by atoms with Crippen LogP contribution < -0.4 is 4.80 Å². The number of hydrogen-bond acceptors (Lipinski definition) is 5. The quantitative estimate of drug-likeness (QED) is 0.677. The number of halogens is 1. The second-order valence-electron chi connectivity index (χ2n) is 6.97. The van der Waals surface area contributed by atoms with Gasteiger partial charge in [-0.2, -0.15) is 9.40 Å². The molecule has 1 heterocycles. The van der Waals surface area contributed by atoms with Crippen LogP contribution in [0, 0.1) is 0 Å². The maximum absolute atomic E-state index is 12.9. The molecule has 1 fully saturated rings. The van der Waals surface area contributed by atoms with Crippen molar-refractivity contribution >= 4 is 33.0 Å². The first-order chi connectivity index (χ1) is 13.4. The number of hydrogen-bond donors (Lipinski definition) is 0. The highest BCUT2D eigenvalue weighted by molar-refractivity contribution is 7.89. The zero-order valence-corrected chi connectivity index (χ0v) is 18.9. The minimum atomic E-state index is -3.64. The smallest absolute Gasteiger partial charge is 0.244 e. The number of benzene rings is 1. The average molecular weight is 443 g/mol. The molecule has 3 rings (SSSR count). The molecule has 0 radical (unpaired) electrons. The van der Waals surface area contributed by atoms with E-state index in [0.717, 1.165) is 28.2 Å². The van der Waals surface area contributed by atoms with Crippen molar-refractivity contribution in [3.05, 3.63) is 28.0 Å². The first-order valence-corrected chi connectivity index (χ1v) is 12.4. The molecule has 1 aliphatic rings. The number of sulfonamides is 1. The number of rotatable bonds is 6. The van der Waals surface area contributed by atoms with Crippen LogP contribution in [0.1, 0.15) is 46.0 Å². The molecule has 0 unspecified atom stereocenters. The van der Waals surface area contributed by atoms with E-state index in [0.29, 0.717) is 19.1 Å².